The van der Waals surface area contributed by atoms with Crippen LogP contribution in [0.4, 0.5) is 0 Å². The van der Waals surface area contributed by atoms with Gasteiger partial charge in [0.05, 0.1) is 34.0 Å². The number of nitrogens with zero attached hydrogens (tertiary/aromatic N) is 8. The van der Waals surface area contributed by atoms with Crippen LogP contribution in [-0.2, 0) is 13.6 Å². The highest BCUT2D eigenvalue weighted by Gasteiger charge is 2.13. The number of hydrogen-bond donors (Lipinski definition) is 0. The van der Waals surface area contributed by atoms with Gasteiger partial charge in [0.1, 0.15) is 6.33 Å². The summed E-state index contributed by atoms with van der Waals surface area (Å²) in [5, 5.41) is 14.3. The predicted molar refractivity (Wildman–Crippen MR) is 109 cm³/mol. The summed E-state index contributed by atoms with van der Waals surface area (Å²) in [6.07, 6.45) is 3.44. The lowest BCUT2D eigenvalue weighted by Gasteiger charge is -2.05. The Bertz CT molecular complexity index is 1330. The lowest BCUT2D eigenvalue weighted by atomic mass is 10.1. The molecule has 140 valence electrons. The minimum absolute atomic E-state index is 0.665. The highest BCUT2D eigenvalue weighted by Crippen LogP contribution is 2.23. The average Bonchev–Trinajstić information content (AvgIpc) is 3.36. The fourth-order valence-corrected chi connectivity index (χ4v) is 3.61. The van der Waals surface area contributed by atoms with E-state index in [-0.39, 0.29) is 0 Å². The van der Waals surface area contributed by atoms with E-state index in [1.807, 2.05) is 30.8 Å². The Hall–Kier alpha value is -3.07. The lowest BCUT2D eigenvalue weighted by Crippen LogP contribution is -2.03. The third kappa shape index (κ3) is 2.62. The Morgan fingerprint density at radius 1 is 1.04 bits per heavy atom. The predicted octanol–water partition coefficient (Wildman–Crippen LogP) is 3.30. The molecule has 0 saturated heterocycles. The van der Waals surface area contributed by atoms with E-state index in [1.54, 1.807) is 21.7 Å². The Morgan fingerprint density at radius 2 is 1.82 bits per heavy atom. The molecule has 0 N–H and O–H groups in total. The van der Waals surface area contributed by atoms with Crippen LogP contribution in [0, 0.1) is 13.8 Å². The van der Waals surface area contributed by atoms with Gasteiger partial charge in [0.25, 0.3) is 0 Å². The van der Waals surface area contributed by atoms with Crippen LogP contribution in [0.3, 0.4) is 0 Å². The molecule has 28 heavy (non-hydrogen) atoms. The summed E-state index contributed by atoms with van der Waals surface area (Å²) < 4.78 is 6.49. The molecule has 4 heterocycles. The van der Waals surface area contributed by atoms with E-state index in [4.69, 9.17) is 4.98 Å². The molecule has 0 amide bonds. The monoisotopic (exact) mass is 436 g/mol. The third-order valence-corrected chi connectivity index (χ3v) is 6.05. The number of aromatic nitrogens is 8. The Kier molecular flexibility index (Phi) is 3.80. The van der Waals surface area contributed by atoms with Crippen molar-refractivity contribution in [2.24, 2.45) is 7.05 Å². The summed E-state index contributed by atoms with van der Waals surface area (Å²) in [7, 11) is 1.86. The summed E-state index contributed by atoms with van der Waals surface area (Å²) in [6, 6.07) is 8.25. The lowest BCUT2D eigenvalue weighted by molar-refractivity contribution is 0.659. The topological polar surface area (TPSA) is 78.7 Å². The maximum absolute atomic E-state index is 4.70. The number of halogens is 1. The SMILES string of the molecule is Cc1nn(Cc2ccc(-c3nc4c5cnn(C)c5ncn4n3)cc2)c(C)c1Br. The molecule has 9 heteroatoms. The molecule has 0 unspecified atom stereocenters. The van der Waals surface area contributed by atoms with Gasteiger partial charge in [-0.25, -0.2) is 14.5 Å². The zero-order valence-corrected chi connectivity index (χ0v) is 17.2. The van der Waals surface area contributed by atoms with Gasteiger partial charge in [-0.15, -0.1) is 5.10 Å². The highest BCUT2D eigenvalue weighted by molar-refractivity contribution is 9.10. The van der Waals surface area contributed by atoms with Crippen LogP contribution in [0.15, 0.2) is 41.3 Å². The van der Waals surface area contributed by atoms with Crippen molar-refractivity contribution in [3.8, 4) is 11.4 Å². The summed E-state index contributed by atoms with van der Waals surface area (Å²) >= 11 is 3.58. The number of aryl methyl sites for hydroxylation is 2. The maximum Gasteiger partial charge on any atom is 0.182 e. The summed E-state index contributed by atoms with van der Waals surface area (Å²) in [4.78, 5) is 9.10. The van der Waals surface area contributed by atoms with Crippen molar-refractivity contribution in [2.45, 2.75) is 20.4 Å². The normalized spacial score (nSPS) is 11.7. The van der Waals surface area contributed by atoms with E-state index in [0.717, 1.165) is 44.6 Å². The van der Waals surface area contributed by atoms with Crippen LogP contribution < -0.4 is 0 Å². The van der Waals surface area contributed by atoms with E-state index in [0.29, 0.717) is 5.82 Å². The molecule has 8 nitrogen and oxygen atoms in total. The second-order valence-electron chi connectivity index (χ2n) is 6.79. The number of benzene rings is 1. The molecule has 0 aliphatic rings. The van der Waals surface area contributed by atoms with Gasteiger partial charge in [0.15, 0.2) is 17.1 Å². The number of rotatable bonds is 3. The van der Waals surface area contributed by atoms with Gasteiger partial charge in [-0.2, -0.15) is 10.2 Å². The number of hydrogen-bond acceptors (Lipinski definition) is 5. The summed E-state index contributed by atoms with van der Waals surface area (Å²) in [5.41, 5.74) is 5.79. The molecule has 0 aliphatic heterocycles. The van der Waals surface area contributed by atoms with Crippen LogP contribution >= 0.6 is 15.9 Å². The van der Waals surface area contributed by atoms with Gasteiger partial charge in [-0.05, 0) is 35.3 Å². The van der Waals surface area contributed by atoms with Gasteiger partial charge in [0.2, 0.25) is 0 Å². The molecule has 5 rings (SSSR count). The second kappa shape index (κ2) is 6.23. The van der Waals surface area contributed by atoms with Crippen molar-refractivity contribution in [2.75, 3.05) is 0 Å². The molecule has 0 radical (unpaired) electrons. The van der Waals surface area contributed by atoms with Crippen LogP contribution in [0.25, 0.3) is 28.1 Å². The Labute approximate surface area is 169 Å². The van der Waals surface area contributed by atoms with Crippen LogP contribution in [0.2, 0.25) is 0 Å². The summed E-state index contributed by atoms with van der Waals surface area (Å²) in [6.45, 7) is 4.78. The fraction of sp³-hybridized carbons (Fsp3) is 0.211. The first kappa shape index (κ1) is 17.1. The molecular formula is C19H17BrN8. The van der Waals surface area contributed by atoms with Crippen molar-refractivity contribution in [3.05, 3.63) is 58.2 Å². The molecule has 0 fully saturated rings. The minimum atomic E-state index is 0.665. The van der Waals surface area contributed by atoms with E-state index < -0.39 is 0 Å². The summed E-state index contributed by atoms with van der Waals surface area (Å²) in [5.74, 6) is 0.665. The van der Waals surface area contributed by atoms with Crippen molar-refractivity contribution in [3.63, 3.8) is 0 Å². The maximum atomic E-state index is 4.70. The molecule has 0 bridgehead atoms. The van der Waals surface area contributed by atoms with E-state index in [9.17, 15) is 0 Å². The molecule has 5 aromatic rings. The van der Waals surface area contributed by atoms with Crippen LogP contribution in [-0.4, -0.2) is 39.1 Å². The molecular weight excluding hydrogens is 420 g/mol. The molecule has 0 atom stereocenters. The van der Waals surface area contributed by atoms with E-state index in [2.05, 4.69) is 55.3 Å². The first-order chi connectivity index (χ1) is 13.5. The van der Waals surface area contributed by atoms with E-state index >= 15 is 0 Å². The molecule has 0 saturated carbocycles. The fourth-order valence-electron chi connectivity index (χ4n) is 3.32. The standard InChI is InChI=1S/C19H17BrN8/c1-11-16(20)12(2)27(24-11)9-13-4-6-14(7-5-13)17-23-19-15-8-22-26(3)18(15)21-10-28(19)25-17/h4-8,10H,9H2,1-3H3. The second-order valence-corrected chi connectivity index (χ2v) is 7.59. The van der Waals surface area contributed by atoms with Gasteiger partial charge >= 0.3 is 0 Å². The van der Waals surface area contributed by atoms with Crippen molar-refractivity contribution < 1.29 is 0 Å². The van der Waals surface area contributed by atoms with Crippen molar-refractivity contribution in [1.29, 1.82) is 0 Å². The molecule has 4 aromatic heterocycles. The largest absolute Gasteiger partial charge is 0.264 e. The average molecular weight is 437 g/mol. The smallest absolute Gasteiger partial charge is 0.182 e. The Balaban J connectivity index is 1.48. The minimum Gasteiger partial charge on any atom is -0.264 e. The number of fused-ring (bicyclic) bond motifs is 3. The molecule has 0 aliphatic carbocycles. The van der Waals surface area contributed by atoms with E-state index in [1.165, 1.54) is 5.56 Å². The van der Waals surface area contributed by atoms with Crippen molar-refractivity contribution >= 4 is 32.6 Å². The highest BCUT2D eigenvalue weighted by atomic mass is 79.9. The van der Waals surface area contributed by atoms with Gasteiger partial charge in [-0.3, -0.25) is 9.36 Å². The van der Waals surface area contributed by atoms with Crippen molar-refractivity contribution in [1.82, 2.24) is 39.1 Å². The zero-order chi connectivity index (χ0) is 19.4. The van der Waals surface area contributed by atoms with Gasteiger partial charge < -0.3 is 0 Å². The molecule has 0 spiro atoms. The van der Waals surface area contributed by atoms with Gasteiger partial charge in [0, 0.05) is 12.6 Å². The van der Waals surface area contributed by atoms with Crippen LogP contribution in [0.1, 0.15) is 17.0 Å². The zero-order valence-electron chi connectivity index (χ0n) is 15.6. The van der Waals surface area contributed by atoms with Crippen LogP contribution in [0.5, 0.6) is 0 Å². The van der Waals surface area contributed by atoms with Gasteiger partial charge in [-0.1, -0.05) is 24.3 Å². The molecule has 1 aromatic carbocycles. The first-order valence-corrected chi connectivity index (χ1v) is 9.62. The first-order valence-electron chi connectivity index (χ1n) is 8.83. The Morgan fingerprint density at radius 3 is 2.54 bits per heavy atom. The third-order valence-electron chi connectivity index (χ3n) is 4.91. The quantitative estimate of drug-likeness (QED) is 0.433.